The summed E-state index contributed by atoms with van der Waals surface area (Å²) in [5, 5.41) is 3.46. The maximum absolute atomic E-state index is 4.87. The first-order valence-corrected chi connectivity index (χ1v) is 10.2. The van der Waals surface area contributed by atoms with E-state index in [9.17, 15) is 0 Å². The lowest BCUT2D eigenvalue weighted by atomic mass is 10.0. The molecule has 1 N–H and O–H groups in total. The number of nitrogens with zero attached hydrogens (tertiary/aromatic N) is 4. The Balaban J connectivity index is 1.63. The van der Waals surface area contributed by atoms with Crippen LogP contribution in [0.1, 0.15) is 30.9 Å². The molecule has 2 aromatic heterocycles. The molecule has 1 aromatic carbocycles. The second-order valence-corrected chi connectivity index (χ2v) is 7.19. The molecule has 0 bridgehead atoms. The normalized spacial score (nSPS) is 13.7. The highest BCUT2D eigenvalue weighted by atomic mass is 15.2. The number of rotatable bonds is 6. The van der Waals surface area contributed by atoms with E-state index < -0.39 is 0 Å². The summed E-state index contributed by atoms with van der Waals surface area (Å²) in [6.45, 7) is 5.04. The van der Waals surface area contributed by atoms with Crippen LogP contribution in [0.4, 0.5) is 11.6 Å². The van der Waals surface area contributed by atoms with E-state index in [1.54, 1.807) is 6.20 Å². The average molecular weight is 374 g/mol. The lowest BCUT2D eigenvalue weighted by Crippen LogP contribution is -2.27. The van der Waals surface area contributed by atoms with Gasteiger partial charge in [0, 0.05) is 31.9 Å². The molecule has 0 radical (unpaired) electrons. The van der Waals surface area contributed by atoms with Gasteiger partial charge in [-0.05, 0) is 42.5 Å². The van der Waals surface area contributed by atoms with E-state index in [1.165, 1.54) is 11.1 Å². The van der Waals surface area contributed by atoms with E-state index in [4.69, 9.17) is 9.97 Å². The van der Waals surface area contributed by atoms with Gasteiger partial charge in [0.1, 0.15) is 17.3 Å². The molecule has 3 aromatic rings. The van der Waals surface area contributed by atoms with E-state index in [0.29, 0.717) is 5.82 Å². The Morgan fingerprint density at radius 2 is 1.71 bits per heavy atom. The molecule has 144 valence electrons. The van der Waals surface area contributed by atoms with Crippen LogP contribution in [0.3, 0.4) is 0 Å². The van der Waals surface area contributed by atoms with Crippen LogP contribution in [0.25, 0.3) is 11.5 Å². The first-order chi connectivity index (χ1) is 13.8. The molecule has 0 spiro atoms. The summed E-state index contributed by atoms with van der Waals surface area (Å²) in [4.78, 5) is 16.4. The molecule has 0 saturated heterocycles. The summed E-state index contributed by atoms with van der Waals surface area (Å²) in [6.07, 6.45) is 6.15. The van der Waals surface area contributed by atoms with Crippen LogP contribution >= 0.6 is 0 Å². The van der Waals surface area contributed by atoms with Gasteiger partial charge in [0.25, 0.3) is 0 Å². The zero-order chi connectivity index (χ0) is 19.2. The standard InChI is InChI=1S/C23H27N5/c1-2-3-13-25-21-17-22(27-23(26-21)20-10-6-7-14-24-20)28-15-11-18-8-4-5-9-19(18)12-16-28/h4-10,14,17H,2-3,11-13,15-16H2,1H3,(H,25,26,27). The molecule has 0 unspecified atom stereocenters. The van der Waals surface area contributed by atoms with Crippen molar-refractivity contribution in [2.75, 3.05) is 29.9 Å². The molecule has 0 amide bonds. The van der Waals surface area contributed by atoms with Gasteiger partial charge in [-0.2, -0.15) is 0 Å². The van der Waals surface area contributed by atoms with Crippen LogP contribution in [0, 0.1) is 0 Å². The average Bonchev–Trinajstić information content (AvgIpc) is 2.97. The van der Waals surface area contributed by atoms with E-state index in [0.717, 1.165) is 62.6 Å². The minimum atomic E-state index is 0.679. The summed E-state index contributed by atoms with van der Waals surface area (Å²) in [5.74, 6) is 2.53. The van der Waals surface area contributed by atoms with Gasteiger partial charge in [0.2, 0.25) is 0 Å². The molecule has 5 nitrogen and oxygen atoms in total. The topological polar surface area (TPSA) is 53.9 Å². The first-order valence-electron chi connectivity index (χ1n) is 10.2. The van der Waals surface area contributed by atoms with Gasteiger partial charge in [-0.3, -0.25) is 4.98 Å². The summed E-state index contributed by atoms with van der Waals surface area (Å²) < 4.78 is 0. The van der Waals surface area contributed by atoms with E-state index in [2.05, 4.69) is 52.5 Å². The fourth-order valence-electron chi connectivity index (χ4n) is 3.59. The lowest BCUT2D eigenvalue weighted by Gasteiger charge is -2.22. The zero-order valence-corrected chi connectivity index (χ0v) is 16.4. The van der Waals surface area contributed by atoms with Crippen molar-refractivity contribution >= 4 is 11.6 Å². The lowest BCUT2D eigenvalue weighted by molar-refractivity contribution is 0.787. The van der Waals surface area contributed by atoms with E-state index >= 15 is 0 Å². The van der Waals surface area contributed by atoms with Crippen molar-refractivity contribution in [1.29, 1.82) is 0 Å². The fourth-order valence-corrected chi connectivity index (χ4v) is 3.59. The van der Waals surface area contributed by atoms with Gasteiger partial charge in [0.15, 0.2) is 5.82 Å². The summed E-state index contributed by atoms with van der Waals surface area (Å²) in [5.41, 5.74) is 3.71. The maximum Gasteiger partial charge on any atom is 0.182 e. The van der Waals surface area contributed by atoms with Crippen LogP contribution in [0.2, 0.25) is 0 Å². The first kappa shape index (κ1) is 18.4. The van der Waals surface area contributed by atoms with Crippen LogP contribution in [0.5, 0.6) is 0 Å². The maximum atomic E-state index is 4.87. The van der Waals surface area contributed by atoms with Crippen LogP contribution in [-0.2, 0) is 12.8 Å². The third-order valence-corrected chi connectivity index (χ3v) is 5.19. The molecule has 0 atom stereocenters. The summed E-state index contributed by atoms with van der Waals surface area (Å²) in [6, 6.07) is 16.7. The molecule has 5 heteroatoms. The monoisotopic (exact) mass is 373 g/mol. The third kappa shape index (κ3) is 4.30. The zero-order valence-electron chi connectivity index (χ0n) is 16.4. The quantitative estimate of drug-likeness (QED) is 0.651. The highest BCUT2D eigenvalue weighted by Gasteiger charge is 2.17. The van der Waals surface area contributed by atoms with Crippen LogP contribution in [-0.4, -0.2) is 34.6 Å². The smallest absolute Gasteiger partial charge is 0.182 e. The fraction of sp³-hybridized carbons (Fsp3) is 0.348. The minimum absolute atomic E-state index is 0.679. The number of hydrogen-bond acceptors (Lipinski definition) is 5. The second-order valence-electron chi connectivity index (χ2n) is 7.19. The Kier molecular flexibility index (Phi) is 5.80. The van der Waals surface area contributed by atoms with Crippen molar-refractivity contribution in [1.82, 2.24) is 15.0 Å². The summed E-state index contributed by atoms with van der Waals surface area (Å²) in [7, 11) is 0. The largest absolute Gasteiger partial charge is 0.370 e. The predicted molar refractivity (Wildman–Crippen MR) is 115 cm³/mol. The summed E-state index contributed by atoms with van der Waals surface area (Å²) >= 11 is 0. The number of hydrogen-bond donors (Lipinski definition) is 1. The number of nitrogens with one attached hydrogen (secondary N) is 1. The minimum Gasteiger partial charge on any atom is -0.370 e. The highest BCUT2D eigenvalue weighted by Crippen LogP contribution is 2.24. The molecule has 28 heavy (non-hydrogen) atoms. The number of benzene rings is 1. The molecule has 1 aliphatic heterocycles. The van der Waals surface area contributed by atoms with Crippen molar-refractivity contribution in [3.8, 4) is 11.5 Å². The number of anilines is 2. The van der Waals surface area contributed by atoms with Crippen molar-refractivity contribution in [2.24, 2.45) is 0 Å². The molecular formula is C23H27N5. The number of aromatic nitrogens is 3. The van der Waals surface area contributed by atoms with Crippen molar-refractivity contribution in [3.63, 3.8) is 0 Å². The van der Waals surface area contributed by atoms with Gasteiger partial charge in [-0.25, -0.2) is 9.97 Å². The van der Waals surface area contributed by atoms with Crippen LogP contribution < -0.4 is 10.2 Å². The van der Waals surface area contributed by atoms with Crippen molar-refractivity contribution < 1.29 is 0 Å². The Morgan fingerprint density at radius 3 is 2.39 bits per heavy atom. The molecular weight excluding hydrogens is 346 g/mol. The Bertz CT molecular complexity index is 883. The highest BCUT2D eigenvalue weighted by molar-refractivity contribution is 5.59. The molecule has 0 fully saturated rings. The SMILES string of the molecule is CCCCNc1cc(N2CCc3ccccc3CC2)nc(-c2ccccn2)n1. The number of pyridine rings is 1. The molecule has 1 aliphatic rings. The molecule has 0 aliphatic carbocycles. The van der Waals surface area contributed by atoms with Gasteiger partial charge in [0.05, 0.1) is 0 Å². The van der Waals surface area contributed by atoms with E-state index in [1.807, 2.05) is 18.2 Å². The molecule has 0 saturated carbocycles. The molecule has 3 heterocycles. The van der Waals surface area contributed by atoms with Crippen LogP contribution in [0.15, 0.2) is 54.7 Å². The Labute approximate surface area is 166 Å². The van der Waals surface area contributed by atoms with Crippen molar-refractivity contribution in [3.05, 3.63) is 65.9 Å². The van der Waals surface area contributed by atoms with Crippen molar-refractivity contribution in [2.45, 2.75) is 32.6 Å². The third-order valence-electron chi connectivity index (χ3n) is 5.19. The van der Waals surface area contributed by atoms with E-state index in [-0.39, 0.29) is 0 Å². The van der Waals surface area contributed by atoms with Gasteiger partial charge in [-0.1, -0.05) is 43.7 Å². The number of unbranched alkanes of at least 4 members (excludes halogenated alkanes) is 1. The van der Waals surface area contributed by atoms with Gasteiger partial charge in [-0.15, -0.1) is 0 Å². The second kappa shape index (κ2) is 8.83. The van der Waals surface area contributed by atoms with Gasteiger partial charge < -0.3 is 10.2 Å². The predicted octanol–water partition coefficient (Wildman–Crippen LogP) is 4.36. The number of fused-ring (bicyclic) bond motifs is 1. The van der Waals surface area contributed by atoms with Gasteiger partial charge >= 0.3 is 0 Å². The Hall–Kier alpha value is -2.95. The molecule has 4 rings (SSSR count). The Morgan fingerprint density at radius 1 is 0.964 bits per heavy atom.